The molecule has 19 heavy (non-hydrogen) atoms. The summed E-state index contributed by atoms with van der Waals surface area (Å²) in [5.41, 5.74) is 0.870. The van der Waals surface area contributed by atoms with Crippen molar-refractivity contribution in [3.05, 3.63) is 24.4 Å². The minimum absolute atomic E-state index is 0.261. The molecule has 6 nitrogen and oxygen atoms in total. The number of likely N-dealkylation sites (tertiary alicyclic amines) is 1. The molecule has 1 amide bonds. The average Bonchev–Trinajstić information content (AvgIpc) is 3.14. The van der Waals surface area contributed by atoms with Crippen LogP contribution in [0.2, 0.25) is 0 Å². The Kier molecular flexibility index (Phi) is 2.25. The summed E-state index contributed by atoms with van der Waals surface area (Å²) in [6.07, 6.45) is 2.45. The van der Waals surface area contributed by atoms with E-state index in [0.29, 0.717) is 11.8 Å². The molecular weight excluding hydrogens is 244 g/mol. The van der Waals surface area contributed by atoms with Gasteiger partial charge in [-0.3, -0.25) is 5.10 Å². The van der Waals surface area contributed by atoms with E-state index < -0.39 is 0 Å². The number of nitrogens with zero attached hydrogens (tertiary/aromatic N) is 2. The second-order valence-corrected chi connectivity index (χ2v) is 5.10. The lowest BCUT2D eigenvalue weighted by molar-refractivity contribution is 0.141. The average molecular weight is 258 g/mol. The second-order valence-electron chi connectivity index (χ2n) is 5.10. The zero-order chi connectivity index (χ0) is 12.8. The summed E-state index contributed by atoms with van der Waals surface area (Å²) in [5, 5.41) is 11.0. The first kappa shape index (κ1) is 10.8. The maximum absolute atomic E-state index is 12.2. The van der Waals surface area contributed by atoms with Crippen molar-refractivity contribution < 1.29 is 9.53 Å². The highest BCUT2D eigenvalue weighted by Gasteiger charge is 2.41. The maximum atomic E-state index is 12.2. The van der Waals surface area contributed by atoms with Gasteiger partial charge in [0.15, 0.2) is 0 Å². The van der Waals surface area contributed by atoms with Crippen LogP contribution in [-0.4, -0.2) is 46.4 Å². The van der Waals surface area contributed by atoms with E-state index in [1.165, 1.54) is 0 Å². The predicted octanol–water partition coefficient (Wildman–Crippen LogP) is 1.11. The van der Waals surface area contributed by atoms with Crippen LogP contribution in [0.4, 0.5) is 4.79 Å². The van der Waals surface area contributed by atoms with Gasteiger partial charge in [0, 0.05) is 25.2 Å². The Morgan fingerprint density at radius 3 is 3.21 bits per heavy atom. The van der Waals surface area contributed by atoms with Crippen LogP contribution in [0.25, 0.3) is 10.9 Å². The van der Waals surface area contributed by atoms with E-state index in [-0.39, 0.29) is 12.1 Å². The van der Waals surface area contributed by atoms with Gasteiger partial charge in [-0.1, -0.05) is 6.07 Å². The molecule has 2 saturated heterocycles. The second kappa shape index (κ2) is 3.96. The molecule has 2 N–H and O–H groups in total. The fourth-order valence-electron chi connectivity index (χ4n) is 2.97. The maximum Gasteiger partial charge on any atom is 0.415 e. The Balaban J connectivity index is 1.58. The van der Waals surface area contributed by atoms with Gasteiger partial charge in [0.1, 0.15) is 5.75 Å². The van der Waals surface area contributed by atoms with Crippen LogP contribution in [0.5, 0.6) is 5.75 Å². The van der Waals surface area contributed by atoms with Crippen LogP contribution >= 0.6 is 0 Å². The quantitative estimate of drug-likeness (QED) is 0.803. The van der Waals surface area contributed by atoms with E-state index in [2.05, 4.69) is 15.5 Å². The summed E-state index contributed by atoms with van der Waals surface area (Å²) < 4.78 is 5.52. The number of carbonyl (C=O) groups is 1. The molecule has 1 aromatic heterocycles. The summed E-state index contributed by atoms with van der Waals surface area (Å²) in [5.74, 6) is 0.562. The Morgan fingerprint density at radius 2 is 2.42 bits per heavy atom. The van der Waals surface area contributed by atoms with Crippen LogP contribution in [0.15, 0.2) is 24.4 Å². The molecule has 3 heterocycles. The Bertz CT molecular complexity index is 638. The molecule has 98 valence electrons. The molecule has 2 aliphatic rings. The molecule has 2 unspecified atom stereocenters. The fourth-order valence-corrected chi connectivity index (χ4v) is 2.97. The number of rotatable bonds is 1. The van der Waals surface area contributed by atoms with Crippen LogP contribution in [0.3, 0.4) is 0 Å². The predicted molar refractivity (Wildman–Crippen MR) is 69.0 cm³/mol. The summed E-state index contributed by atoms with van der Waals surface area (Å²) in [7, 11) is 0. The number of aromatic amines is 1. The zero-order valence-corrected chi connectivity index (χ0v) is 10.3. The standard InChI is InChI=1S/C13H14N4O2/c18-13(17-7-8-4-9(17)5-14-8)19-12-3-1-2-11-10(12)6-15-16-11/h1-3,6,8-9,14H,4-5,7H2,(H,15,16). The number of ether oxygens (including phenoxy) is 1. The van der Waals surface area contributed by atoms with Gasteiger partial charge in [0.05, 0.1) is 17.1 Å². The summed E-state index contributed by atoms with van der Waals surface area (Å²) in [6, 6.07) is 6.26. The van der Waals surface area contributed by atoms with Crippen molar-refractivity contribution in [1.29, 1.82) is 0 Å². The normalized spacial score (nSPS) is 25.2. The molecule has 0 radical (unpaired) electrons. The molecule has 2 aromatic rings. The lowest BCUT2D eigenvalue weighted by Gasteiger charge is -2.26. The van der Waals surface area contributed by atoms with Gasteiger partial charge in [0.25, 0.3) is 0 Å². The molecule has 0 aliphatic carbocycles. The van der Waals surface area contributed by atoms with Gasteiger partial charge in [-0.15, -0.1) is 0 Å². The number of aromatic nitrogens is 2. The summed E-state index contributed by atoms with van der Waals surface area (Å²) in [4.78, 5) is 14.0. The van der Waals surface area contributed by atoms with Gasteiger partial charge in [-0.05, 0) is 18.6 Å². The topological polar surface area (TPSA) is 70.2 Å². The van der Waals surface area contributed by atoms with Crippen molar-refractivity contribution in [3.63, 3.8) is 0 Å². The van der Waals surface area contributed by atoms with Gasteiger partial charge in [-0.25, -0.2) is 4.79 Å². The number of hydrogen-bond donors (Lipinski definition) is 2. The van der Waals surface area contributed by atoms with E-state index in [1.807, 2.05) is 17.0 Å². The van der Waals surface area contributed by atoms with Gasteiger partial charge >= 0.3 is 6.09 Å². The number of benzene rings is 1. The van der Waals surface area contributed by atoms with Crippen LogP contribution in [0, 0.1) is 0 Å². The summed E-state index contributed by atoms with van der Waals surface area (Å²) in [6.45, 7) is 1.61. The molecule has 6 heteroatoms. The van der Waals surface area contributed by atoms with Gasteiger partial charge < -0.3 is 15.0 Å². The highest BCUT2D eigenvalue weighted by atomic mass is 16.6. The third-order valence-electron chi connectivity index (χ3n) is 3.93. The van der Waals surface area contributed by atoms with Gasteiger partial charge in [-0.2, -0.15) is 5.10 Å². The zero-order valence-electron chi connectivity index (χ0n) is 10.3. The molecule has 2 fully saturated rings. The number of piperazine rings is 1. The molecule has 0 saturated carbocycles. The number of carbonyl (C=O) groups excluding carboxylic acids is 1. The Morgan fingerprint density at radius 1 is 1.47 bits per heavy atom. The molecule has 0 spiro atoms. The van der Waals surface area contributed by atoms with Crippen molar-refractivity contribution in [3.8, 4) is 5.75 Å². The van der Waals surface area contributed by atoms with Crippen LogP contribution < -0.4 is 10.1 Å². The first-order chi connectivity index (χ1) is 9.31. The van der Waals surface area contributed by atoms with E-state index in [1.54, 1.807) is 12.3 Å². The van der Waals surface area contributed by atoms with E-state index in [4.69, 9.17) is 4.74 Å². The number of hydrogen-bond acceptors (Lipinski definition) is 4. The molecular formula is C13H14N4O2. The Hall–Kier alpha value is -2.08. The Labute approximate surface area is 109 Å². The van der Waals surface area contributed by atoms with Crippen molar-refractivity contribution in [2.45, 2.75) is 18.5 Å². The lowest BCUT2D eigenvalue weighted by atomic mass is 10.2. The van der Waals surface area contributed by atoms with Crippen LogP contribution in [-0.2, 0) is 0 Å². The minimum Gasteiger partial charge on any atom is -0.409 e. The van der Waals surface area contributed by atoms with Crippen molar-refractivity contribution in [1.82, 2.24) is 20.4 Å². The molecule has 2 atom stereocenters. The molecule has 2 aliphatic heterocycles. The number of H-pyrrole nitrogens is 1. The largest absolute Gasteiger partial charge is 0.415 e. The van der Waals surface area contributed by atoms with Crippen molar-refractivity contribution >= 4 is 17.0 Å². The van der Waals surface area contributed by atoms with Gasteiger partial charge in [0.2, 0.25) is 0 Å². The monoisotopic (exact) mass is 258 g/mol. The third-order valence-corrected chi connectivity index (χ3v) is 3.93. The highest BCUT2D eigenvalue weighted by molar-refractivity contribution is 5.87. The molecule has 4 rings (SSSR count). The third kappa shape index (κ3) is 1.67. The number of nitrogens with one attached hydrogen (secondary N) is 2. The van der Waals surface area contributed by atoms with Crippen molar-refractivity contribution in [2.75, 3.05) is 13.1 Å². The molecule has 1 aromatic carbocycles. The summed E-state index contributed by atoms with van der Waals surface area (Å²) >= 11 is 0. The first-order valence-electron chi connectivity index (χ1n) is 6.45. The number of amides is 1. The van der Waals surface area contributed by atoms with E-state index in [9.17, 15) is 4.79 Å². The van der Waals surface area contributed by atoms with Crippen LogP contribution in [0.1, 0.15) is 6.42 Å². The first-order valence-corrected chi connectivity index (χ1v) is 6.45. The minimum atomic E-state index is -0.261. The SMILES string of the molecule is O=C(Oc1cccc2[nH]ncc12)N1CC2CC1CN2. The smallest absolute Gasteiger partial charge is 0.409 e. The van der Waals surface area contributed by atoms with Crippen molar-refractivity contribution in [2.24, 2.45) is 0 Å². The fraction of sp³-hybridized carbons (Fsp3) is 0.385. The number of fused-ring (bicyclic) bond motifs is 3. The molecule has 2 bridgehead atoms. The lowest BCUT2D eigenvalue weighted by Crippen LogP contribution is -2.47. The highest BCUT2D eigenvalue weighted by Crippen LogP contribution is 2.27. The van der Waals surface area contributed by atoms with E-state index in [0.717, 1.165) is 30.4 Å². The van der Waals surface area contributed by atoms with E-state index >= 15 is 0 Å².